The Hall–Kier alpha value is 0.0700. The first-order valence-corrected chi connectivity index (χ1v) is 9.34. The van der Waals surface area contributed by atoms with Gasteiger partial charge in [-0.05, 0) is 69.6 Å². The van der Waals surface area contributed by atoms with E-state index in [9.17, 15) is 13.3 Å². The molecule has 4 heteroatoms. The van der Waals surface area contributed by atoms with E-state index in [1.54, 1.807) is 6.92 Å². The van der Waals surface area contributed by atoms with Gasteiger partial charge in [0, 0.05) is 0 Å². The largest absolute Gasteiger partial charge is 0.307 e. The lowest BCUT2D eigenvalue weighted by Crippen LogP contribution is -2.67. The van der Waals surface area contributed by atoms with E-state index in [-0.39, 0.29) is 0 Å². The molecule has 4 saturated carbocycles. The number of hydrogen-bond acceptors (Lipinski definition) is 1. The lowest BCUT2D eigenvalue weighted by atomic mass is 9.56. The first-order chi connectivity index (χ1) is 8.25. The van der Waals surface area contributed by atoms with Gasteiger partial charge >= 0.3 is 0 Å². The standard InChI is InChI=1S/C14H26O3S/c1-3-10(2)18(15,16,17)14-7-11-4-12(8-14)6-13(5-11)9-14/h10-13H,3-9H2,1-2H3,(H2,15,16,17). The molecular formula is C14H26O3S. The molecule has 1 atom stereocenters. The van der Waals surface area contributed by atoms with Crippen LogP contribution >= 0.6 is 0 Å². The molecule has 0 aromatic carbocycles. The lowest BCUT2D eigenvalue weighted by molar-refractivity contribution is 0.0227. The van der Waals surface area contributed by atoms with Crippen molar-refractivity contribution in [1.82, 2.24) is 0 Å². The summed E-state index contributed by atoms with van der Waals surface area (Å²) in [5.41, 5.74) is 0. The Balaban J connectivity index is 2.03. The predicted octanol–water partition coefficient (Wildman–Crippen LogP) is 3.52. The number of hydrogen-bond donors (Lipinski definition) is 2. The average molecular weight is 274 g/mol. The van der Waals surface area contributed by atoms with Crippen LogP contribution in [0.15, 0.2) is 0 Å². The molecule has 0 aromatic rings. The highest BCUT2D eigenvalue weighted by molar-refractivity contribution is 8.11. The minimum Gasteiger partial charge on any atom is -0.307 e. The van der Waals surface area contributed by atoms with Crippen LogP contribution in [0.3, 0.4) is 0 Å². The van der Waals surface area contributed by atoms with Gasteiger partial charge in [-0.15, -0.1) is 0 Å². The molecule has 1 unspecified atom stereocenters. The Morgan fingerprint density at radius 1 is 1.11 bits per heavy atom. The second-order valence-corrected chi connectivity index (χ2v) is 10.8. The van der Waals surface area contributed by atoms with Gasteiger partial charge < -0.3 is 9.11 Å². The van der Waals surface area contributed by atoms with Crippen LogP contribution in [0, 0.1) is 17.8 Å². The minimum atomic E-state index is -4.51. The van der Waals surface area contributed by atoms with Gasteiger partial charge in [-0.3, -0.25) is 0 Å². The van der Waals surface area contributed by atoms with Crippen LogP contribution in [-0.4, -0.2) is 23.3 Å². The van der Waals surface area contributed by atoms with Gasteiger partial charge in [-0.2, -0.15) is 0 Å². The monoisotopic (exact) mass is 274 g/mol. The average Bonchev–Trinajstić information content (AvgIpc) is 2.25. The normalized spacial score (nSPS) is 46.7. The Bertz CT molecular complexity index is 387. The first-order valence-electron chi connectivity index (χ1n) is 7.40. The molecule has 0 amide bonds. The summed E-state index contributed by atoms with van der Waals surface area (Å²) < 4.78 is 33.8. The summed E-state index contributed by atoms with van der Waals surface area (Å²) >= 11 is 0. The molecule has 0 saturated heterocycles. The van der Waals surface area contributed by atoms with Gasteiger partial charge in [0.15, 0.2) is 0 Å². The molecule has 0 aliphatic heterocycles. The van der Waals surface area contributed by atoms with Gasteiger partial charge in [0.2, 0.25) is 0 Å². The summed E-state index contributed by atoms with van der Waals surface area (Å²) in [5, 5.41) is -0.502. The van der Waals surface area contributed by atoms with E-state index < -0.39 is 19.6 Å². The van der Waals surface area contributed by atoms with E-state index in [0.717, 1.165) is 19.3 Å². The molecule has 0 spiro atoms. The second kappa shape index (κ2) is 3.58. The van der Waals surface area contributed by atoms with E-state index in [2.05, 4.69) is 0 Å². The third-order valence-corrected chi connectivity index (χ3v) is 10.0. The third-order valence-electron chi connectivity index (χ3n) is 6.10. The zero-order valence-electron chi connectivity index (χ0n) is 11.5. The van der Waals surface area contributed by atoms with Crippen molar-refractivity contribution in [3.63, 3.8) is 0 Å². The van der Waals surface area contributed by atoms with Crippen molar-refractivity contribution in [2.75, 3.05) is 0 Å². The fraction of sp³-hybridized carbons (Fsp3) is 1.00. The summed E-state index contributed by atoms with van der Waals surface area (Å²) in [4.78, 5) is 0. The van der Waals surface area contributed by atoms with Crippen molar-refractivity contribution in [1.29, 1.82) is 0 Å². The van der Waals surface area contributed by atoms with Gasteiger partial charge in [0.1, 0.15) is 0 Å². The molecule has 106 valence electrons. The zero-order valence-corrected chi connectivity index (χ0v) is 12.3. The maximum Gasteiger partial charge on any atom is 0.0906 e. The van der Waals surface area contributed by atoms with Crippen molar-refractivity contribution in [2.45, 2.75) is 68.8 Å². The van der Waals surface area contributed by atoms with Crippen molar-refractivity contribution >= 4 is 9.63 Å². The summed E-state index contributed by atoms with van der Waals surface area (Å²) in [7, 11) is -4.51. The highest BCUT2D eigenvalue weighted by Gasteiger charge is 2.64. The molecule has 4 aliphatic rings. The van der Waals surface area contributed by atoms with Crippen LogP contribution in [0.2, 0.25) is 0 Å². The maximum atomic E-state index is 13.1. The topological polar surface area (TPSA) is 57.5 Å². The summed E-state index contributed by atoms with van der Waals surface area (Å²) in [6, 6.07) is 0. The molecule has 4 fully saturated rings. The molecule has 4 bridgehead atoms. The van der Waals surface area contributed by atoms with Crippen LogP contribution in [0.1, 0.15) is 58.8 Å². The van der Waals surface area contributed by atoms with E-state index in [1.807, 2.05) is 6.92 Å². The van der Waals surface area contributed by atoms with Gasteiger partial charge in [-0.1, -0.05) is 6.92 Å². The predicted molar refractivity (Wildman–Crippen MR) is 74.1 cm³/mol. The van der Waals surface area contributed by atoms with Gasteiger partial charge in [0.05, 0.1) is 19.6 Å². The number of rotatable bonds is 3. The Morgan fingerprint density at radius 2 is 1.50 bits per heavy atom. The Labute approximate surface area is 110 Å². The molecule has 2 N–H and O–H groups in total. The fourth-order valence-corrected chi connectivity index (χ4v) is 8.33. The smallest absolute Gasteiger partial charge is 0.0906 e. The van der Waals surface area contributed by atoms with Crippen LogP contribution in [0.25, 0.3) is 0 Å². The van der Waals surface area contributed by atoms with Crippen LogP contribution in [0.5, 0.6) is 0 Å². The van der Waals surface area contributed by atoms with Crippen molar-refractivity contribution in [2.24, 2.45) is 17.8 Å². The van der Waals surface area contributed by atoms with Crippen molar-refractivity contribution in [3.8, 4) is 0 Å². The van der Waals surface area contributed by atoms with Gasteiger partial charge in [0.25, 0.3) is 0 Å². The molecule has 18 heavy (non-hydrogen) atoms. The van der Waals surface area contributed by atoms with E-state index in [1.165, 1.54) is 19.3 Å². The molecule has 0 heterocycles. The van der Waals surface area contributed by atoms with E-state index >= 15 is 0 Å². The Morgan fingerprint density at radius 3 is 1.83 bits per heavy atom. The fourth-order valence-electron chi connectivity index (χ4n) is 5.23. The summed E-state index contributed by atoms with van der Waals surface area (Å²) in [5.74, 6) is 1.76. The quantitative estimate of drug-likeness (QED) is 0.828. The molecular weight excluding hydrogens is 248 g/mol. The third kappa shape index (κ3) is 1.52. The SMILES string of the molecule is CCC(C)S(=O)(O)(O)C12CC3CC(CC(C3)C1)C2. The second-order valence-electron chi connectivity index (χ2n) is 7.24. The van der Waals surface area contributed by atoms with E-state index in [4.69, 9.17) is 0 Å². The van der Waals surface area contributed by atoms with Crippen LogP contribution in [0.4, 0.5) is 0 Å². The summed E-state index contributed by atoms with van der Waals surface area (Å²) in [6.07, 6.45) is 6.58. The van der Waals surface area contributed by atoms with Crippen molar-refractivity contribution < 1.29 is 13.3 Å². The maximum absolute atomic E-state index is 13.1. The molecule has 4 aliphatic carbocycles. The van der Waals surface area contributed by atoms with Crippen LogP contribution in [-0.2, 0) is 9.63 Å². The Kier molecular flexibility index (Phi) is 2.60. The lowest BCUT2D eigenvalue weighted by Gasteiger charge is -2.63. The van der Waals surface area contributed by atoms with Crippen molar-refractivity contribution in [3.05, 3.63) is 0 Å². The first kappa shape index (κ1) is 13.1. The molecule has 3 nitrogen and oxygen atoms in total. The van der Waals surface area contributed by atoms with Crippen LogP contribution < -0.4 is 0 Å². The summed E-state index contributed by atoms with van der Waals surface area (Å²) in [6.45, 7) is 3.64. The molecule has 4 rings (SSSR count). The molecule has 0 radical (unpaired) electrons. The van der Waals surface area contributed by atoms with E-state index in [0.29, 0.717) is 24.2 Å². The minimum absolute atomic E-state index is 0.502. The van der Waals surface area contributed by atoms with Gasteiger partial charge in [-0.25, -0.2) is 4.21 Å². The zero-order chi connectivity index (χ0) is 13.2. The molecule has 0 aromatic heterocycles. The highest BCUT2D eigenvalue weighted by Crippen LogP contribution is 2.63. The highest BCUT2D eigenvalue weighted by atomic mass is 32.3.